The van der Waals surface area contributed by atoms with Crippen LogP contribution in [0.3, 0.4) is 0 Å². The summed E-state index contributed by atoms with van der Waals surface area (Å²) >= 11 is 5.54. The number of thiocarbonyl (C=S) groups is 1. The van der Waals surface area contributed by atoms with Crippen molar-refractivity contribution < 1.29 is 14.6 Å². The van der Waals surface area contributed by atoms with Crippen LogP contribution in [0.15, 0.2) is 29.1 Å². The Morgan fingerprint density at radius 2 is 2.32 bits per heavy atom. The zero-order valence-electron chi connectivity index (χ0n) is 16.1. The molecule has 1 aliphatic rings. The smallest absolute Gasteiger partial charge is 0.253 e. The third kappa shape index (κ3) is 5.21. The number of aromatic nitrogens is 1. The summed E-state index contributed by atoms with van der Waals surface area (Å²) in [5.74, 6) is 0.694. The van der Waals surface area contributed by atoms with E-state index >= 15 is 0 Å². The molecule has 0 saturated carbocycles. The lowest BCUT2D eigenvalue weighted by Gasteiger charge is -2.26. The van der Waals surface area contributed by atoms with E-state index in [1.165, 1.54) is 0 Å². The Labute approximate surface area is 169 Å². The largest absolute Gasteiger partial charge is 0.497 e. The van der Waals surface area contributed by atoms with Crippen LogP contribution in [-0.4, -0.2) is 59.6 Å². The summed E-state index contributed by atoms with van der Waals surface area (Å²) in [5.41, 5.74) is 1.20. The van der Waals surface area contributed by atoms with Crippen LogP contribution in [0.25, 0.3) is 10.9 Å². The van der Waals surface area contributed by atoms with Gasteiger partial charge in [0.1, 0.15) is 5.75 Å². The molecule has 0 spiro atoms. The first kappa shape index (κ1) is 20.6. The van der Waals surface area contributed by atoms with Crippen LogP contribution in [0.5, 0.6) is 5.75 Å². The van der Waals surface area contributed by atoms with Gasteiger partial charge in [-0.3, -0.25) is 4.79 Å². The number of hydrogen-bond donors (Lipinski definition) is 3. The van der Waals surface area contributed by atoms with Gasteiger partial charge in [0.15, 0.2) is 5.11 Å². The van der Waals surface area contributed by atoms with Crippen LogP contribution >= 0.6 is 12.2 Å². The lowest BCUT2D eigenvalue weighted by atomic mass is 10.1. The number of aliphatic hydroxyl groups excluding tert-OH is 1. The fourth-order valence-electron chi connectivity index (χ4n) is 3.31. The highest BCUT2D eigenvalue weighted by molar-refractivity contribution is 7.80. The van der Waals surface area contributed by atoms with Gasteiger partial charge in [-0.2, -0.15) is 0 Å². The van der Waals surface area contributed by atoms with E-state index in [0.717, 1.165) is 30.4 Å². The Kier molecular flexibility index (Phi) is 7.24. The predicted molar refractivity (Wildman–Crippen MR) is 113 cm³/mol. The first-order chi connectivity index (χ1) is 13.6. The molecule has 8 heteroatoms. The fraction of sp³-hybridized carbons (Fsp3) is 0.500. The monoisotopic (exact) mass is 405 g/mol. The van der Waals surface area contributed by atoms with Gasteiger partial charge in [0.25, 0.3) is 5.56 Å². The van der Waals surface area contributed by atoms with Crippen molar-refractivity contribution in [3.63, 3.8) is 0 Å². The van der Waals surface area contributed by atoms with Crippen LogP contribution in [-0.2, 0) is 11.3 Å². The molecule has 3 rings (SSSR count). The van der Waals surface area contributed by atoms with Gasteiger partial charge in [0.2, 0.25) is 0 Å². The number of nitrogens with one attached hydrogen (secondary N) is 2. The van der Waals surface area contributed by atoms with E-state index in [2.05, 4.69) is 10.3 Å². The molecule has 0 amide bonds. The summed E-state index contributed by atoms with van der Waals surface area (Å²) in [4.78, 5) is 17.4. The molecule has 0 bridgehead atoms. The van der Waals surface area contributed by atoms with Crippen molar-refractivity contribution in [3.8, 4) is 5.75 Å². The zero-order chi connectivity index (χ0) is 19.9. The molecule has 1 aromatic carbocycles. The molecule has 3 N–H and O–H groups in total. The number of pyridine rings is 1. The van der Waals surface area contributed by atoms with Crippen molar-refractivity contribution in [2.45, 2.75) is 31.9 Å². The van der Waals surface area contributed by atoms with E-state index in [4.69, 9.17) is 21.7 Å². The molecule has 152 valence electrons. The number of H-pyrrole nitrogens is 1. The van der Waals surface area contributed by atoms with Crippen LogP contribution in [0.4, 0.5) is 0 Å². The average Bonchev–Trinajstić information content (AvgIpc) is 3.22. The van der Waals surface area contributed by atoms with Gasteiger partial charge < -0.3 is 29.8 Å². The highest BCUT2D eigenvalue weighted by Gasteiger charge is 2.18. The number of ether oxygens (including phenoxy) is 2. The third-order valence-electron chi connectivity index (χ3n) is 4.87. The summed E-state index contributed by atoms with van der Waals surface area (Å²) in [6.07, 6.45) is 2.85. The van der Waals surface area contributed by atoms with Crippen molar-refractivity contribution in [2.75, 3.05) is 33.4 Å². The van der Waals surface area contributed by atoms with Gasteiger partial charge in [0.05, 0.1) is 25.3 Å². The molecular formula is C20H27N3O4S. The van der Waals surface area contributed by atoms with Crippen LogP contribution in [0.1, 0.15) is 24.8 Å². The van der Waals surface area contributed by atoms with Crippen LogP contribution < -0.4 is 15.6 Å². The van der Waals surface area contributed by atoms with Crippen molar-refractivity contribution in [3.05, 3.63) is 40.2 Å². The number of rotatable bonds is 8. The van der Waals surface area contributed by atoms with Gasteiger partial charge in [-0.1, -0.05) is 0 Å². The number of aliphatic hydroxyl groups is 1. The Balaban J connectivity index is 1.74. The topological polar surface area (TPSA) is 86.8 Å². The second-order valence-corrected chi connectivity index (χ2v) is 7.28. The number of nitrogens with zero attached hydrogens (tertiary/aromatic N) is 1. The first-order valence-electron chi connectivity index (χ1n) is 9.56. The molecule has 28 heavy (non-hydrogen) atoms. The van der Waals surface area contributed by atoms with E-state index in [9.17, 15) is 9.90 Å². The number of benzene rings is 1. The SMILES string of the molecule is COc1ccc2cc(CN(CCCO)C(=S)NC[C@H]3CCCO3)c(=O)[nH]c2c1. The highest BCUT2D eigenvalue weighted by atomic mass is 32.1. The summed E-state index contributed by atoms with van der Waals surface area (Å²) in [5, 5.41) is 14.0. The van der Waals surface area contributed by atoms with Crippen LogP contribution in [0.2, 0.25) is 0 Å². The van der Waals surface area contributed by atoms with Gasteiger partial charge >= 0.3 is 0 Å². The Morgan fingerprint density at radius 1 is 1.46 bits per heavy atom. The minimum atomic E-state index is -0.156. The summed E-state index contributed by atoms with van der Waals surface area (Å²) in [7, 11) is 1.59. The Morgan fingerprint density at radius 3 is 3.04 bits per heavy atom. The minimum Gasteiger partial charge on any atom is -0.497 e. The highest BCUT2D eigenvalue weighted by Crippen LogP contribution is 2.19. The molecule has 1 aromatic heterocycles. The maximum Gasteiger partial charge on any atom is 0.253 e. The summed E-state index contributed by atoms with van der Waals surface area (Å²) in [6.45, 7) is 2.45. The van der Waals surface area contributed by atoms with E-state index in [1.54, 1.807) is 13.2 Å². The van der Waals surface area contributed by atoms with Crippen molar-refractivity contribution >= 4 is 28.2 Å². The summed E-state index contributed by atoms with van der Waals surface area (Å²) in [6, 6.07) is 7.46. The maximum absolute atomic E-state index is 12.6. The van der Waals surface area contributed by atoms with Crippen molar-refractivity contribution in [1.29, 1.82) is 0 Å². The molecule has 7 nitrogen and oxygen atoms in total. The van der Waals surface area contributed by atoms with E-state index in [1.807, 2.05) is 23.1 Å². The third-order valence-corrected chi connectivity index (χ3v) is 5.27. The second kappa shape index (κ2) is 9.86. The van der Waals surface area contributed by atoms with E-state index < -0.39 is 0 Å². The first-order valence-corrected chi connectivity index (χ1v) is 9.96. The molecule has 0 radical (unpaired) electrons. The lowest BCUT2D eigenvalue weighted by Crippen LogP contribution is -2.43. The molecule has 1 aliphatic heterocycles. The molecule has 1 fully saturated rings. The van der Waals surface area contributed by atoms with Gasteiger partial charge in [0, 0.05) is 37.9 Å². The molecular weight excluding hydrogens is 378 g/mol. The van der Waals surface area contributed by atoms with Crippen LogP contribution in [0, 0.1) is 0 Å². The van der Waals surface area contributed by atoms with Gasteiger partial charge in [-0.15, -0.1) is 0 Å². The Hall–Kier alpha value is -2.16. The number of aromatic amines is 1. The summed E-state index contributed by atoms with van der Waals surface area (Å²) < 4.78 is 10.8. The molecule has 1 atom stereocenters. The molecule has 0 unspecified atom stereocenters. The minimum absolute atomic E-state index is 0.0682. The fourth-order valence-corrected chi connectivity index (χ4v) is 3.55. The number of fused-ring (bicyclic) bond motifs is 1. The average molecular weight is 406 g/mol. The van der Waals surface area contributed by atoms with Gasteiger partial charge in [-0.25, -0.2) is 0 Å². The van der Waals surface area contributed by atoms with Crippen molar-refractivity contribution in [2.24, 2.45) is 0 Å². The van der Waals surface area contributed by atoms with Gasteiger partial charge in [-0.05, 0) is 55.1 Å². The normalized spacial score (nSPS) is 16.3. The predicted octanol–water partition coefficient (Wildman–Crippen LogP) is 1.77. The van der Waals surface area contributed by atoms with E-state index in [-0.39, 0.29) is 18.3 Å². The number of methoxy groups -OCH3 is 1. The standard InChI is InChI=1S/C20H27N3O4S/c1-26-16-6-5-14-10-15(19(25)22-18(14)11-16)13-23(7-3-8-24)20(28)21-12-17-4-2-9-27-17/h5-6,10-11,17,24H,2-4,7-9,12-13H2,1H3,(H,21,28)(H,22,25)/t17-/m1/s1. The molecule has 2 aromatic rings. The zero-order valence-corrected chi connectivity index (χ0v) is 16.9. The maximum atomic E-state index is 12.6. The molecule has 0 aliphatic carbocycles. The quantitative estimate of drug-likeness (QED) is 0.577. The second-order valence-electron chi connectivity index (χ2n) is 6.90. The molecule has 1 saturated heterocycles. The molecule has 2 heterocycles. The lowest BCUT2D eigenvalue weighted by molar-refractivity contribution is 0.113. The van der Waals surface area contributed by atoms with Crippen molar-refractivity contribution in [1.82, 2.24) is 15.2 Å². The van der Waals surface area contributed by atoms with E-state index in [0.29, 0.717) is 42.5 Å². The Bertz CT molecular complexity index is 864. The number of hydrogen-bond acceptors (Lipinski definition) is 5.